The molecule has 1 atom stereocenters. The lowest BCUT2D eigenvalue weighted by Crippen LogP contribution is -2.30. The quantitative estimate of drug-likeness (QED) is 0.918. The molecule has 1 aliphatic rings. The molecule has 0 amide bonds. The first-order chi connectivity index (χ1) is 9.87. The number of hydrogen-bond donors (Lipinski definition) is 1. The average molecular weight is 284 g/mol. The number of rotatable bonds is 2. The molecule has 0 fully saturated rings. The molecular weight excluding hydrogens is 264 g/mol. The van der Waals surface area contributed by atoms with E-state index in [-0.39, 0.29) is 0 Å². The van der Waals surface area contributed by atoms with Crippen molar-refractivity contribution < 1.29 is 14.6 Å². The fourth-order valence-electron chi connectivity index (χ4n) is 2.96. The maximum absolute atomic E-state index is 11.1. The minimum absolute atomic E-state index is 0.532. The van der Waals surface area contributed by atoms with Crippen molar-refractivity contribution >= 4 is 0 Å². The average Bonchev–Trinajstić information content (AvgIpc) is 2.66. The van der Waals surface area contributed by atoms with Crippen LogP contribution in [0.2, 0.25) is 0 Å². The zero-order valence-electron chi connectivity index (χ0n) is 12.8. The number of benzene rings is 2. The van der Waals surface area contributed by atoms with Crippen molar-refractivity contribution in [3.05, 3.63) is 64.7 Å². The second kappa shape index (κ2) is 4.58. The van der Waals surface area contributed by atoms with Gasteiger partial charge in [-0.1, -0.05) is 23.8 Å². The Labute approximate surface area is 125 Å². The van der Waals surface area contributed by atoms with E-state index in [2.05, 4.69) is 6.07 Å². The lowest BCUT2D eigenvalue weighted by Gasteiger charge is -2.27. The predicted octanol–water partition coefficient (Wildman–Crippen LogP) is 3.46. The molecule has 21 heavy (non-hydrogen) atoms. The van der Waals surface area contributed by atoms with E-state index in [0.717, 1.165) is 22.4 Å². The Morgan fingerprint density at radius 2 is 1.67 bits per heavy atom. The van der Waals surface area contributed by atoms with Crippen LogP contribution in [0.25, 0.3) is 0 Å². The number of ether oxygens (including phenoxy) is 2. The third kappa shape index (κ3) is 2.13. The Morgan fingerprint density at radius 1 is 1.00 bits per heavy atom. The molecule has 3 rings (SSSR count). The smallest absolute Gasteiger partial charge is 0.221 e. The molecule has 0 bridgehead atoms. The first kappa shape index (κ1) is 14.1. The Kier molecular flexibility index (Phi) is 3.08. The summed E-state index contributed by atoms with van der Waals surface area (Å²) >= 11 is 0. The molecule has 110 valence electrons. The first-order valence-electron chi connectivity index (χ1n) is 7.05. The van der Waals surface area contributed by atoms with E-state index in [4.69, 9.17) is 9.47 Å². The SMILES string of the molecule is COc1ccc(C2(O)OC(C)(C)c3cc(C)ccc32)cc1. The van der Waals surface area contributed by atoms with Gasteiger partial charge >= 0.3 is 0 Å². The minimum Gasteiger partial charge on any atom is -0.497 e. The summed E-state index contributed by atoms with van der Waals surface area (Å²) in [7, 11) is 1.62. The zero-order chi connectivity index (χ0) is 15.3. The highest BCUT2D eigenvalue weighted by atomic mass is 16.6. The summed E-state index contributed by atoms with van der Waals surface area (Å²) in [6.07, 6.45) is 0. The summed E-state index contributed by atoms with van der Waals surface area (Å²) < 4.78 is 11.2. The molecular formula is C18H20O3. The lowest BCUT2D eigenvalue weighted by molar-refractivity contribution is -0.222. The number of aliphatic hydroxyl groups is 1. The van der Waals surface area contributed by atoms with Crippen molar-refractivity contribution in [2.75, 3.05) is 7.11 Å². The van der Waals surface area contributed by atoms with Crippen molar-refractivity contribution in [2.45, 2.75) is 32.2 Å². The van der Waals surface area contributed by atoms with Crippen LogP contribution in [0.5, 0.6) is 5.75 Å². The molecule has 0 saturated carbocycles. The van der Waals surface area contributed by atoms with Gasteiger partial charge in [0.25, 0.3) is 0 Å². The van der Waals surface area contributed by atoms with E-state index in [1.165, 1.54) is 0 Å². The van der Waals surface area contributed by atoms with Crippen LogP contribution in [0.3, 0.4) is 0 Å². The number of hydrogen-bond acceptors (Lipinski definition) is 3. The zero-order valence-corrected chi connectivity index (χ0v) is 12.8. The largest absolute Gasteiger partial charge is 0.497 e. The summed E-state index contributed by atoms with van der Waals surface area (Å²) in [5, 5.41) is 11.1. The van der Waals surface area contributed by atoms with Crippen molar-refractivity contribution in [1.29, 1.82) is 0 Å². The predicted molar refractivity (Wildman–Crippen MR) is 81.3 cm³/mol. The van der Waals surface area contributed by atoms with Crippen LogP contribution >= 0.6 is 0 Å². The van der Waals surface area contributed by atoms with E-state index in [9.17, 15) is 5.11 Å². The number of methoxy groups -OCH3 is 1. The molecule has 0 radical (unpaired) electrons. The number of aryl methyl sites for hydroxylation is 1. The van der Waals surface area contributed by atoms with Gasteiger partial charge in [-0.3, -0.25) is 0 Å². The molecule has 0 aromatic heterocycles. The standard InChI is InChI=1S/C18H20O3/c1-12-5-10-15-16(11-12)17(2,3)21-18(15,19)13-6-8-14(20-4)9-7-13/h5-11,19H,1-4H3. The second-order valence-electron chi connectivity index (χ2n) is 6.03. The van der Waals surface area contributed by atoms with Gasteiger partial charge in [0.15, 0.2) is 0 Å². The summed E-state index contributed by atoms with van der Waals surface area (Å²) in [6, 6.07) is 13.4. The molecule has 0 aliphatic carbocycles. The molecule has 1 N–H and O–H groups in total. The van der Waals surface area contributed by atoms with Crippen LogP contribution in [0, 0.1) is 6.92 Å². The summed E-state index contributed by atoms with van der Waals surface area (Å²) in [5.41, 5.74) is 3.17. The second-order valence-corrected chi connectivity index (χ2v) is 6.03. The maximum atomic E-state index is 11.1. The molecule has 1 unspecified atom stereocenters. The van der Waals surface area contributed by atoms with Gasteiger partial charge < -0.3 is 14.6 Å². The molecule has 1 aliphatic heterocycles. The summed E-state index contributed by atoms with van der Waals surface area (Å²) in [4.78, 5) is 0. The van der Waals surface area contributed by atoms with Gasteiger partial charge in [-0.25, -0.2) is 0 Å². The van der Waals surface area contributed by atoms with Crippen LogP contribution in [-0.2, 0) is 16.1 Å². The summed E-state index contributed by atoms with van der Waals surface area (Å²) in [6.45, 7) is 6.00. The number of fused-ring (bicyclic) bond motifs is 1. The third-order valence-electron chi connectivity index (χ3n) is 4.07. The van der Waals surface area contributed by atoms with Gasteiger partial charge in [0.05, 0.1) is 12.7 Å². The minimum atomic E-state index is -1.42. The molecule has 0 spiro atoms. The first-order valence-corrected chi connectivity index (χ1v) is 7.05. The third-order valence-corrected chi connectivity index (χ3v) is 4.07. The Morgan fingerprint density at radius 3 is 2.29 bits per heavy atom. The van der Waals surface area contributed by atoms with Crippen LogP contribution < -0.4 is 4.74 Å². The highest BCUT2D eigenvalue weighted by Crippen LogP contribution is 2.49. The Hall–Kier alpha value is -1.84. The van der Waals surface area contributed by atoms with Crippen molar-refractivity contribution in [3.8, 4) is 5.75 Å². The monoisotopic (exact) mass is 284 g/mol. The van der Waals surface area contributed by atoms with Crippen molar-refractivity contribution in [2.24, 2.45) is 0 Å². The van der Waals surface area contributed by atoms with Gasteiger partial charge in [-0.15, -0.1) is 0 Å². The van der Waals surface area contributed by atoms with E-state index < -0.39 is 11.4 Å². The fraction of sp³-hybridized carbons (Fsp3) is 0.333. The Bertz CT molecular complexity index is 673. The van der Waals surface area contributed by atoms with E-state index in [1.54, 1.807) is 7.11 Å². The van der Waals surface area contributed by atoms with Crippen LogP contribution in [0.4, 0.5) is 0 Å². The van der Waals surface area contributed by atoms with Gasteiger partial charge in [-0.2, -0.15) is 0 Å². The summed E-state index contributed by atoms with van der Waals surface area (Å²) in [5.74, 6) is -0.664. The van der Waals surface area contributed by atoms with Crippen molar-refractivity contribution in [3.63, 3.8) is 0 Å². The van der Waals surface area contributed by atoms with Gasteiger partial charge in [0, 0.05) is 11.1 Å². The lowest BCUT2D eigenvalue weighted by atomic mass is 9.90. The highest BCUT2D eigenvalue weighted by molar-refractivity contribution is 5.47. The highest BCUT2D eigenvalue weighted by Gasteiger charge is 2.49. The molecule has 1 heterocycles. The molecule has 2 aromatic rings. The maximum Gasteiger partial charge on any atom is 0.221 e. The Balaban J connectivity index is 2.14. The molecule has 3 nitrogen and oxygen atoms in total. The molecule has 2 aromatic carbocycles. The van der Waals surface area contributed by atoms with Gasteiger partial charge in [0.2, 0.25) is 5.79 Å². The van der Waals surface area contributed by atoms with Crippen LogP contribution in [-0.4, -0.2) is 12.2 Å². The van der Waals surface area contributed by atoms with Crippen molar-refractivity contribution in [1.82, 2.24) is 0 Å². The van der Waals surface area contributed by atoms with E-state index in [0.29, 0.717) is 5.56 Å². The van der Waals surface area contributed by atoms with Crippen LogP contribution in [0.15, 0.2) is 42.5 Å². The topological polar surface area (TPSA) is 38.7 Å². The molecule has 0 saturated heterocycles. The fourth-order valence-corrected chi connectivity index (χ4v) is 2.96. The van der Waals surface area contributed by atoms with Crippen LogP contribution in [0.1, 0.15) is 36.1 Å². The van der Waals surface area contributed by atoms with Gasteiger partial charge in [0.1, 0.15) is 5.75 Å². The normalized spacial score (nSPS) is 22.9. The molecule has 3 heteroatoms. The van der Waals surface area contributed by atoms with E-state index >= 15 is 0 Å². The van der Waals surface area contributed by atoms with Gasteiger partial charge in [-0.05, 0) is 50.6 Å². The van der Waals surface area contributed by atoms with E-state index in [1.807, 2.05) is 57.2 Å².